The molecule has 1 aliphatic heterocycles. The van der Waals surface area contributed by atoms with Gasteiger partial charge in [-0.3, -0.25) is 14.9 Å². The zero-order valence-corrected chi connectivity index (χ0v) is 28.4. The van der Waals surface area contributed by atoms with Crippen LogP contribution in [0.4, 0.5) is 0 Å². The van der Waals surface area contributed by atoms with Gasteiger partial charge >= 0.3 is 5.97 Å². The lowest BCUT2D eigenvalue weighted by Crippen LogP contribution is -2.52. The molecule has 5 atom stereocenters. The molecule has 252 valence electrons. The topological polar surface area (TPSA) is 141 Å². The Morgan fingerprint density at radius 2 is 1.84 bits per heavy atom. The van der Waals surface area contributed by atoms with E-state index in [1.807, 2.05) is 72.8 Å². The molecule has 1 rings (SSSR count). The van der Waals surface area contributed by atoms with Gasteiger partial charge in [-0.25, -0.2) is 4.79 Å². The zero-order chi connectivity index (χ0) is 33.8. The van der Waals surface area contributed by atoms with Crippen LogP contribution in [0.25, 0.3) is 0 Å². The monoisotopic (exact) mass is 628 g/mol. The molecule has 0 fully saturated rings. The summed E-state index contributed by atoms with van der Waals surface area (Å²) in [5, 5.41) is 8.94. The molecule has 2 amide bonds. The summed E-state index contributed by atoms with van der Waals surface area (Å²) in [6.45, 7) is 15.0. The van der Waals surface area contributed by atoms with E-state index in [-0.39, 0.29) is 41.9 Å². The Hall–Kier alpha value is -3.47. The summed E-state index contributed by atoms with van der Waals surface area (Å²) in [6, 6.07) is -0.751. The molecule has 1 unspecified atom stereocenters. The largest absolute Gasteiger partial charge is 0.490 e. The van der Waals surface area contributed by atoms with Crippen LogP contribution in [0, 0.1) is 11.3 Å². The van der Waals surface area contributed by atoms with Gasteiger partial charge in [0.15, 0.2) is 5.76 Å². The number of hydrogen-bond donors (Lipinski definition) is 4. The van der Waals surface area contributed by atoms with Crippen molar-refractivity contribution in [3.63, 3.8) is 0 Å². The SMILES string of the molecule is C/C=C\C[C@@H](C/C=C\NC(=O)[C@@H](NC(=O)\C=C/C=C\C(C)=C\[C@H](C)[C@@H]1CC=C(OC)C(=O)O1)C(C)(C)C)OC(C)NCCCN. The third kappa shape index (κ3) is 16.4. The number of nitrogens with two attached hydrogens (primary N) is 1. The second kappa shape index (κ2) is 21.3. The van der Waals surface area contributed by atoms with Crippen molar-refractivity contribution in [2.24, 2.45) is 17.1 Å². The van der Waals surface area contributed by atoms with Crippen molar-refractivity contribution in [3.05, 3.63) is 72.2 Å². The quantitative estimate of drug-likeness (QED) is 0.0403. The van der Waals surface area contributed by atoms with Crippen LogP contribution in [0.1, 0.15) is 74.1 Å². The van der Waals surface area contributed by atoms with Gasteiger partial charge in [0.2, 0.25) is 11.8 Å². The third-order valence-electron chi connectivity index (χ3n) is 7.05. The molecule has 1 heterocycles. The normalized spacial score (nSPS) is 19.0. The Bertz CT molecular complexity index is 1120. The Morgan fingerprint density at radius 1 is 1.16 bits per heavy atom. The molecule has 0 radical (unpaired) electrons. The van der Waals surface area contributed by atoms with Gasteiger partial charge in [-0.15, -0.1) is 0 Å². The standard InChI is InChI=1S/C35H56N4O6/c1-9-10-16-28(44-27(4)37-23-14-21-36)17-13-22-38-33(41)32(35(5,6)7)39-31(40)18-12-11-15-25(2)24-26(3)29-19-20-30(43-8)34(42)45-29/h9-13,15,18,20,22,24,26-29,32,37H,14,16-17,19,21,23,36H2,1-8H3,(H,38,41)(H,39,40)/b10-9-,15-11-,18-12-,22-13-,25-24+/t26-,27?,28-,29-,32+/m0/s1. The van der Waals surface area contributed by atoms with Gasteiger partial charge in [0.1, 0.15) is 18.4 Å². The molecule has 0 aromatic rings. The van der Waals surface area contributed by atoms with E-state index >= 15 is 0 Å². The Balaban J connectivity index is 2.68. The average molecular weight is 629 g/mol. The van der Waals surface area contributed by atoms with Gasteiger partial charge in [0.05, 0.1) is 13.2 Å². The molecule has 10 heteroatoms. The fourth-order valence-corrected chi connectivity index (χ4v) is 4.52. The molecular weight excluding hydrogens is 572 g/mol. The molecule has 0 aromatic carbocycles. The van der Waals surface area contributed by atoms with Crippen molar-refractivity contribution in [1.82, 2.24) is 16.0 Å². The highest BCUT2D eigenvalue weighted by molar-refractivity contribution is 5.93. The first-order chi connectivity index (χ1) is 21.3. The molecule has 0 aliphatic carbocycles. The highest BCUT2D eigenvalue weighted by Crippen LogP contribution is 2.23. The second-order valence-corrected chi connectivity index (χ2v) is 12.2. The molecule has 0 saturated carbocycles. The molecule has 45 heavy (non-hydrogen) atoms. The third-order valence-corrected chi connectivity index (χ3v) is 7.05. The fourth-order valence-electron chi connectivity index (χ4n) is 4.52. The number of amides is 2. The Kier molecular flexibility index (Phi) is 18.7. The van der Waals surface area contributed by atoms with Crippen molar-refractivity contribution >= 4 is 17.8 Å². The smallest absolute Gasteiger partial charge is 0.373 e. The summed E-state index contributed by atoms with van der Waals surface area (Å²) in [5.41, 5.74) is 6.00. The highest BCUT2D eigenvalue weighted by atomic mass is 16.6. The minimum Gasteiger partial charge on any atom is -0.490 e. The lowest BCUT2D eigenvalue weighted by Gasteiger charge is -2.29. The van der Waals surface area contributed by atoms with E-state index in [9.17, 15) is 14.4 Å². The van der Waals surface area contributed by atoms with E-state index in [2.05, 4.69) is 22.0 Å². The maximum absolute atomic E-state index is 13.0. The number of nitrogens with one attached hydrogen (secondary N) is 3. The summed E-state index contributed by atoms with van der Waals surface area (Å²) in [5.74, 6) is -0.899. The molecule has 0 saturated heterocycles. The maximum atomic E-state index is 13.0. The number of allylic oxidation sites excluding steroid dienone is 5. The molecule has 0 aromatic heterocycles. The van der Waals surface area contributed by atoms with E-state index in [1.54, 1.807) is 24.4 Å². The average Bonchev–Trinajstić information content (AvgIpc) is 2.98. The lowest BCUT2D eigenvalue weighted by atomic mass is 9.86. The van der Waals surface area contributed by atoms with Crippen LogP contribution in [0.15, 0.2) is 72.2 Å². The number of hydrogen-bond acceptors (Lipinski definition) is 8. The maximum Gasteiger partial charge on any atom is 0.373 e. The fraction of sp³-hybridized carbons (Fsp3) is 0.571. The van der Waals surface area contributed by atoms with Crippen LogP contribution in [0.5, 0.6) is 0 Å². The number of cyclic esters (lactones) is 1. The first-order valence-corrected chi connectivity index (χ1v) is 15.8. The van der Waals surface area contributed by atoms with Crippen molar-refractivity contribution in [1.29, 1.82) is 0 Å². The molecular formula is C35H56N4O6. The van der Waals surface area contributed by atoms with Crippen LogP contribution in [-0.2, 0) is 28.6 Å². The van der Waals surface area contributed by atoms with Gasteiger partial charge in [0.25, 0.3) is 0 Å². The van der Waals surface area contributed by atoms with Crippen molar-refractivity contribution in [2.75, 3.05) is 20.2 Å². The molecule has 0 spiro atoms. The highest BCUT2D eigenvalue weighted by Gasteiger charge is 2.32. The van der Waals surface area contributed by atoms with Crippen LogP contribution in [0.3, 0.4) is 0 Å². The number of methoxy groups -OCH3 is 1. The minimum atomic E-state index is -0.751. The second-order valence-electron chi connectivity index (χ2n) is 12.2. The predicted molar refractivity (Wildman–Crippen MR) is 180 cm³/mol. The van der Waals surface area contributed by atoms with Crippen LogP contribution in [0.2, 0.25) is 0 Å². The first-order valence-electron chi connectivity index (χ1n) is 15.8. The van der Waals surface area contributed by atoms with Gasteiger partial charge in [0, 0.05) is 18.4 Å². The Labute approximate surface area is 270 Å². The van der Waals surface area contributed by atoms with Gasteiger partial charge in [-0.1, -0.05) is 75.8 Å². The van der Waals surface area contributed by atoms with Crippen LogP contribution >= 0.6 is 0 Å². The summed E-state index contributed by atoms with van der Waals surface area (Å²) in [6.07, 6.45) is 20.3. The minimum absolute atomic E-state index is 0.000680. The van der Waals surface area contributed by atoms with Gasteiger partial charge in [-0.2, -0.15) is 0 Å². The van der Waals surface area contributed by atoms with E-state index < -0.39 is 17.4 Å². The number of rotatable bonds is 19. The zero-order valence-electron chi connectivity index (χ0n) is 28.4. The van der Waals surface area contributed by atoms with E-state index in [0.29, 0.717) is 19.4 Å². The van der Waals surface area contributed by atoms with Crippen molar-refractivity contribution in [2.45, 2.75) is 98.6 Å². The van der Waals surface area contributed by atoms with E-state index in [0.717, 1.165) is 25.0 Å². The molecule has 1 aliphatic rings. The molecule has 10 nitrogen and oxygen atoms in total. The van der Waals surface area contributed by atoms with Crippen molar-refractivity contribution in [3.8, 4) is 0 Å². The number of ether oxygens (including phenoxy) is 3. The number of carbonyl (C=O) groups excluding carboxylic acids is 3. The summed E-state index contributed by atoms with van der Waals surface area (Å²) >= 11 is 0. The van der Waals surface area contributed by atoms with E-state index in [4.69, 9.17) is 19.9 Å². The predicted octanol–water partition coefficient (Wildman–Crippen LogP) is 4.71. The Morgan fingerprint density at radius 3 is 2.47 bits per heavy atom. The summed E-state index contributed by atoms with van der Waals surface area (Å²) < 4.78 is 16.6. The number of carbonyl (C=O) groups is 3. The number of esters is 1. The van der Waals surface area contributed by atoms with E-state index in [1.165, 1.54) is 13.2 Å². The molecule has 0 bridgehead atoms. The van der Waals surface area contributed by atoms with Crippen molar-refractivity contribution < 1.29 is 28.6 Å². The molecule has 5 N–H and O–H groups in total. The van der Waals surface area contributed by atoms with Crippen LogP contribution < -0.4 is 21.7 Å². The van der Waals surface area contributed by atoms with Gasteiger partial charge in [-0.05, 0) is 70.8 Å². The summed E-state index contributed by atoms with van der Waals surface area (Å²) in [4.78, 5) is 37.7. The first kappa shape index (κ1) is 39.6. The summed E-state index contributed by atoms with van der Waals surface area (Å²) in [7, 11) is 1.45. The van der Waals surface area contributed by atoms with Crippen LogP contribution in [-0.4, -0.2) is 62.5 Å². The van der Waals surface area contributed by atoms with Gasteiger partial charge < -0.3 is 30.6 Å². The lowest BCUT2D eigenvalue weighted by molar-refractivity contribution is -0.151.